The standard InChI is InChI=1S/C22H18O2S/c1-13(2)15-5-9-20-18(11-15)22(24)19-12-16(6-10-21(19)25-20)14-3-7-17(23)8-4-14/h3-13,23H,1-2H3. The summed E-state index contributed by atoms with van der Waals surface area (Å²) < 4.78 is 2.02. The molecule has 0 saturated carbocycles. The van der Waals surface area contributed by atoms with Crippen molar-refractivity contribution in [3.05, 3.63) is 76.5 Å². The minimum absolute atomic E-state index is 0.0897. The molecule has 1 aromatic heterocycles. The minimum Gasteiger partial charge on any atom is -0.508 e. The molecular formula is C22H18O2S. The Morgan fingerprint density at radius 2 is 1.40 bits per heavy atom. The van der Waals surface area contributed by atoms with Crippen molar-refractivity contribution in [3.63, 3.8) is 0 Å². The molecule has 0 amide bonds. The van der Waals surface area contributed by atoms with Crippen molar-refractivity contribution in [2.45, 2.75) is 19.8 Å². The molecule has 0 aliphatic heterocycles. The van der Waals surface area contributed by atoms with Gasteiger partial charge >= 0.3 is 0 Å². The third-order valence-corrected chi connectivity index (χ3v) is 5.71. The third kappa shape index (κ3) is 2.81. The first-order valence-corrected chi connectivity index (χ1v) is 9.14. The van der Waals surface area contributed by atoms with Crippen LogP contribution in [-0.4, -0.2) is 5.11 Å². The van der Waals surface area contributed by atoms with Crippen molar-refractivity contribution in [3.8, 4) is 16.9 Å². The molecule has 0 atom stereocenters. The van der Waals surface area contributed by atoms with Crippen molar-refractivity contribution < 1.29 is 5.11 Å². The van der Waals surface area contributed by atoms with Crippen LogP contribution in [-0.2, 0) is 0 Å². The van der Waals surface area contributed by atoms with Crippen LogP contribution in [0.25, 0.3) is 31.3 Å². The van der Waals surface area contributed by atoms with Crippen LogP contribution < -0.4 is 5.43 Å². The summed E-state index contributed by atoms with van der Waals surface area (Å²) in [5, 5.41) is 11.0. The first kappa shape index (κ1) is 15.9. The molecule has 0 fully saturated rings. The van der Waals surface area contributed by atoms with E-state index in [1.54, 1.807) is 23.5 Å². The molecule has 0 bridgehead atoms. The van der Waals surface area contributed by atoms with Gasteiger partial charge in [0.25, 0.3) is 0 Å². The highest BCUT2D eigenvalue weighted by atomic mass is 32.1. The monoisotopic (exact) mass is 346 g/mol. The van der Waals surface area contributed by atoms with Gasteiger partial charge in [0.1, 0.15) is 5.75 Å². The van der Waals surface area contributed by atoms with Crippen LogP contribution in [0.4, 0.5) is 0 Å². The summed E-state index contributed by atoms with van der Waals surface area (Å²) in [7, 11) is 0. The Morgan fingerprint density at radius 1 is 0.800 bits per heavy atom. The molecule has 25 heavy (non-hydrogen) atoms. The largest absolute Gasteiger partial charge is 0.508 e. The van der Waals surface area contributed by atoms with E-state index >= 15 is 0 Å². The SMILES string of the molecule is CC(C)c1ccc2sc3ccc(-c4ccc(O)cc4)cc3c(=O)c2c1. The molecule has 0 aliphatic carbocycles. The van der Waals surface area contributed by atoms with Gasteiger partial charge in [-0.2, -0.15) is 0 Å². The maximum Gasteiger partial charge on any atom is 0.195 e. The lowest BCUT2D eigenvalue weighted by Gasteiger charge is -2.08. The van der Waals surface area contributed by atoms with Crippen LogP contribution in [0.1, 0.15) is 25.3 Å². The second kappa shape index (κ2) is 6.01. The normalized spacial score (nSPS) is 11.5. The van der Waals surface area contributed by atoms with E-state index in [0.29, 0.717) is 5.92 Å². The van der Waals surface area contributed by atoms with Crippen LogP contribution in [0.3, 0.4) is 0 Å². The van der Waals surface area contributed by atoms with E-state index in [4.69, 9.17) is 0 Å². The molecule has 2 nitrogen and oxygen atoms in total. The first-order valence-electron chi connectivity index (χ1n) is 8.33. The fraction of sp³-hybridized carbons (Fsp3) is 0.136. The zero-order chi connectivity index (χ0) is 17.6. The number of aromatic hydroxyl groups is 1. The van der Waals surface area contributed by atoms with Gasteiger partial charge in [0, 0.05) is 20.2 Å². The highest BCUT2D eigenvalue weighted by molar-refractivity contribution is 7.24. The Labute approximate surface area is 150 Å². The highest BCUT2D eigenvalue weighted by Gasteiger charge is 2.10. The zero-order valence-corrected chi connectivity index (χ0v) is 14.9. The van der Waals surface area contributed by atoms with Gasteiger partial charge in [-0.3, -0.25) is 4.79 Å². The Hall–Kier alpha value is -2.65. The fourth-order valence-electron chi connectivity index (χ4n) is 3.07. The molecule has 4 aromatic rings. The Morgan fingerprint density at radius 3 is 2.08 bits per heavy atom. The number of rotatable bonds is 2. The second-order valence-electron chi connectivity index (χ2n) is 6.60. The summed E-state index contributed by atoms with van der Waals surface area (Å²) in [6.45, 7) is 4.28. The lowest BCUT2D eigenvalue weighted by molar-refractivity contribution is 0.475. The Kier molecular flexibility index (Phi) is 3.81. The van der Waals surface area contributed by atoms with Crippen LogP contribution in [0.5, 0.6) is 5.75 Å². The fourth-order valence-corrected chi connectivity index (χ4v) is 4.10. The maximum atomic E-state index is 13.1. The van der Waals surface area contributed by atoms with E-state index in [-0.39, 0.29) is 11.2 Å². The van der Waals surface area contributed by atoms with Gasteiger partial charge in [-0.25, -0.2) is 0 Å². The average molecular weight is 346 g/mol. The molecular weight excluding hydrogens is 328 g/mol. The van der Waals surface area contributed by atoms with Gasteiger partial charge in [-0.1, -0.05) is 38.1 Å². The van der Waals surface area contributed by atoms with Crippen LogP contribution >= 0.6 is 11.3 Å². The summed E-state index contributed by atoms with van der Waals surface area (Å²) in [4.78, 5) is 13.1. The molecule has 0 unspecified atom stereocenters. The molecule has 0 saturated heterocycles. The second-order valence-corrected chi connectivity index (χ2v) is 7.68. The van der Waals surface area contributed by atoms with E-state index in [1.165, 1.54) is 5.56 Å². The van der Waals surface area contributed by atoms with Gasteiger partial charge in [0.15, 0.2) is 5.43 Å². The predicted octanol–water partition coefficient (Wildman–Crippen LogP) is 5.91. The highest BCUT2D eigenvalue weighted by Crippen LogP contribution is 2.30. The van der Waals surface area contributed by atoms with Crippen molar-refractivity contribution in [1.29, 1.82) is 0 Å². The number of benzene rings is 3. The number of phenols is 1. The quantitative estimate of drug-likeness (QED) is 0.458. The van der Waals surface area contributed by atoms with Gasteiger partial charge in [-0.05, 0) is 59.0 Å². The zero-order valence-electron chi connectivity index (χ0n) is 14.1. The van der Waals surface area contributed by atoms with E-state index in [1.807, 2.05) is 36.4 Å². The Bertz CT molecular complexity index is 1140. The minimum atomic E-state index is 0.0897. The molecule has 0 radical (unpaired) electrons. The number of fused-ring (bicyclic) bond motifs is 2. The van der Waals surface area contributed by atoms with Crippen LogP contribution in [0.2, 0.25) is 0 Å². The van der Waals surface area contributed by atoms with E-state index in [9.17, 15) is 9.90 Å². The molecule has 0 aliphatic rings. The summed E-state index contributed by atoms with van der Waals surface area (Å²) in [5.41, 5.74) is 3.24. The van der Waals surface area contributed by atoms with Crippen LogP contribution in [0.15, 0.2) is 65.5 Å². The first-order chi connectivity index (χ1) is 12.0. The van der Waals surface area contributed by atoms with Gasteiger partial charge in [-0.15, -0.1) is 11.3 Å². The average Bonchev–Trinajstić information content (AvgIpc) is 2.62. The topological polar surface area (TPSA) is 37.3 Å². The van der Waals surface area contributed by atoms with Gasteiger partial charge in [0.2, 0.25) is 0 Å². The summed E-state index contributed by atoms with van der Waals surface area (Å²) in [6, 6.07) is 19.3. The predicted molar refractivity (Wildman–Crippen MR) is 107 cm³/mol. The van der Waals surface area contributed by atoms with Gasteiger partial charge < -0.3 is 5.11 Å². The smallest absolute Gasteiger partial charge is 0.195 e. The summed E-state index contributed by atoms with van der Waals surface area (Å²) in [5.74, 6) is 0.635. The number of hydrogen-bond donors (Lipinski definition) is 1. The van der Waals surface area contributed by atoms with Crippen LogP contribution in [0, 0.1) is 0 Å². The van der Waals surface area contributed by atoms with E-state index < -0.39 is 0 Å². The van der Waals surface area contributed by atoms with E-state index in [0.717, 1.165) is 31.3 Å². The number of hydrogen-bond acceptors (Lipinski definition) is 3. The molecule has 124 valence electrons. The number of phenolic OH excluding ortho intramolecular Hbond substituents is 1. The molecule has 0 spiro atoms. The molecule has 1 heterocycles. The lowest BCUT2D eigenvalue weighted by Crippen LogP contribution is -2.02. The van der Waals surface area contributed by atoms with Crippen molar-refractivity contribution in [2.24, 2.45) is 0 Å². The third-order valence-electron chi connectivity index (χ3n) is 4.56. The van der Waals surface area contributed by atoms with Crippen molar-refractivity contribution >= 4 is 31.5 Å². The molecule has 3 aromatic carbocycles. The summed E-state index contributed by atoms with van der Waals surface area (Å²) in [6.07, 6.45) is 0. The van der Waals surface area contributed by atoms with Gasteiger partial charge in [0.05, 0.1) is 0 Å². The Balaban J connectivity index is 1.97. The van der Waals surface area contributed by atoms with Crippen molar-refractivity contribution in [1.82, 2.24) is 0 Å². The molecule has 4 rings (SSSR count). The van der Waals surface area contributed by atoms with E-state index in [2.05, 4.69) is 26.0 Å². The maximum absolute atomic E-state index is 13.1. The lowest BCUT2D eigenvalue weighted by atomic mass is 10.0. The molecule has 1 N–H and O–H groups in total. The van der Waals surface area contributed by atoms with Crippen molar-refractivity contribution in [2.75, 3.05) is 0 Å². The summed E-state index contributed by atoms with van der Waals surface area (Å²) >= 11 is 1.65. The molecule has 3 heteroatoms.